The van der Waals surface area contributed by atoms with Gasteiger partial charge in [0.25, 0.3) is 5.56 Å². The summed E-state index contributed by atoms with van der Waals surface area (Å²) in [5, 5.41) is 13.0. The smallest absolute Gasteiger partial charge is 0.261 e. The van der Waals surface area contributed by atoms with Crippen LogP contribution < -0.4 is 5.56 Å². The fourth-order valence-corrected chi connectivity index (χ4v) is 4.94. The Bertz CT molecular complexity index is 1580. The summed E-state index contributed by atoms with van der Waals surface area (Å²) in [4.78, 5) is 27.0. The van der Waals surface area contributed by atoms with Gasteiger partial charge in [-0.2, -0.15) is 0 Å². The number of rotatable bonds is 4. The molecule has 1 aliphatic rings. The van der Waals surface area contributed by atoms with Crippen LogP contribution in [0.15, 0.2) is 84.3 Å². The summed E-state index contributed by atoms with van der Waals surface area (Å²) in [5.41, 5.74) is 4.49. The van der Waals surface area contributed by atoms with Gasteiger partial charge in [-0.1, -0.05) is 24.3 Å². The standard InChI is InChI=1S/C28H24N4O3/c33-26-16-35-11-8-25(26)32-17-31-27-22-6-2-1-5-21(22)20(14-23(27)28(32)34)12-18-7-10-30-24(13-18)19-4-3-9-29-15-19/h1-7,9-10,13-15,17,25-26,33H,8,11-12,16H2. The first-order valence-corrected chi connectivity index (χ1v) is 11.7. The van der Waals surface area contributed by atoms with Crippen LogP contribution in [0.25, 0.3) is 32.9 Å². The molecule has 0 bridgehead atoms. The summed E-state index contributed by atoms with van der Waals surface area (Å²) >= 11 is 0. The number of aliphatic hydroxyl groups excluding tert-OH is 1. The first-order valence-electron chi connectivity index (χ1n) is 11.7. The van der Waals surface area contributed by atoms with Crippen LogP contribution >= 0.6 is 0 Å². The Hall–Kier alpha value is -3.94. The van der Waals surface area contributed by atoms with Gasteiger partial charge in [-0.15, -0.1) is 0 Å². The van der Waals surface area contributed by atoms with Crippen molar-refractivity contribution in [3.63, 3.8) is 0 Å². The molecule has 174 valence electrons. The van der Waals surface area contributed by atoms with E-state index in [9.17, 15) is 9.90 Å². The highest BCUT2D eigenvalue weighted by molar-refractivity contribution is 6.06. The third-order valence-corrected chi connectivity index (χ3v) is 6.70. The van der Waals surface area contributed by atoms with Gasteiger partial charge in [0.05, 0.1) is 41.7 Å². The van der Waals surface area contributed by atoms with Crippen molar-refractivity contribution in [3.8, 4) is 11.3 Å². The van der Waals surface area contributed by atoms with Gasteiger partial charge < -0.3 is 9.84 Å². The van der Waals surface area contributed by atoms with Crippen LogP contribution in [0.4, 0.5) is 0 Å². The lowest BCUT2D eigenvalue weighted by molar-refractivity contribution is -0.0395. The Balaban J connectivity index is 1.48. The zero-order chi connectivity index (χ0) is 23.8. The predicted molar refractivity (Wildman–Crippen MR) is 134 cm³/mol. The van der Waals surface area contributed by atoms with Crippen molar-refractivity contribution in [1.29, 1.82) is 0 Å². The molecule has 7 heteroatoms. The number of benzene rings is 2. The van der Waals surface area contributed by atoms with Crippen molar-refractivity contribution in [2.75, 3.05) is 13.2 Å². The van der Waals surface area contributed by atoms with Crippen molar-refractivity contribution in [3.05, 3.63) is 101 Å². The van der Waals surface area contributed by atoms with Gasteiger partial charge in [-0.3, -0.25) is 19.3 Å². The van der Waals surface area contributed by atoms with Crippen LogP contribution in [0, 0.1) is 0 Å². The molecule has 6 rings (SSSR count). The van der Waals surface area contributed by atoms with E-state index in [1.807, 2.05) is 48.7 Å². The molecule has 2 unspecified atom stereocenters. The van der Waals surface area contributed by atoms with Crippen molar-refractivity contribution in [2.24, 2.45) is 0 Å². The van der Waals surface area contributed by atoms with E-state index in [0.717, 1.165) is 33.2 Å². The lowest BCUT2D eigenvalue weighted by Crippen LogP contribution is -2.39. The molecular formula is C28H24N4O3. The SMILES string of the molecule is O=c1c2cc(Cc3ccnc(-c4cccnc4)c3)c3ccccc3c2ncn1C1CCOCC1O. The minimum absolute atomic E-state index is 0.140. The van der Waals surface area contributed by atoms with Gasteiger partial charge >= 0.3 is 0 Å². The Labute approximate surface area is 201 Å². The number of ether oxygens (including phenoxy) is 1. The number of hydrogen-bond acceptors (Lipinski definition) is 6. The highest BCUT2D eigenvalue weighted by atomic mass is 16.5. The van der Waals surface area contributed by atoms with E-state index < -0.39 is 6.10 Å². The number of aliphatic hydroxyl groups is 1. The molecule has 0 aliphatic carbocycles. The van der Waals surface area contributed by atoms with Crippen LogP contribution in [-0.4, -0.2) is 43.9 Å². The third kappa shape index (κ3) is 3.99. The first-order chi connectivity index (χ1) is 17.2. The molecule has 35 heavy (non-hydrogen) atoms. The maximum absolute atomic E-state index is 13.6. The number of nitrogens with zero attached hydrogens (tertiary/aromatic N) is 4. The second-order valence-electron chi connectivity index (χ2n) is 8.90. The van der Waals surface area contributed by atoms with Crippen LogP contribution in [0.1, 0.15) is 23.6 Å². The predicted octanol–water partition coefficient (Wildman–Crippen LogP) is 3.92. The molecule has 0 spiro atoms. The van der Waals surface area contributed by atoms with Gasteiger partial charge in [0.2, 0.25) is 0 Å². The van der Waals surface area contributed by atoms with E-state index in [-0.39, 0.29) is 18.2 Å². The van der Waals surface area contributed by atoms with Crippen molar-refractivity contribution >= 4 is 21.7 Å². The fraction of sp³-hybridized carbons (Fsp3) is 0.214. The summed E-state index contributed by atoms with van der Waals surface area (Å²) < 4.78 is 6.92. The van der Waals surface area contributed by atoms with E-state index >= 15 is 0 Å². The maximum atomic E-state index is 13.6. The molecule has 0 amide bonds. The summed E-state index contributed by atoms with van der Waals surface area (Å²) in [5.74, 6) is 0. The quantitative estimate of drug-likeness (QED) is 0.406. The highest BCUT2D eigenvalue weighted by Gasteiger charge is 2.27. The molecule has 2 aromatic carbocycles. The van der Waals surface area contributed by atoms with Gasteiger partial charge in [0, 0.05) is 36.1 Å². The summed E-state index contributed by atoms with van der Waals surface area (Å²) in [7, 11) is 0. The lowest BCUT2D eigenvalue weighted by atomic mass is 9.95. The van der Waals surface area contributed by atoms with E-state index in [1.54, 1.807) is 23.3 Å². The molecule has 0 saturated carbocycles. The number of pyridine rings is 2. The highest BCUT2D eigenvalue weighted by Crippen LogP contribution is 2.29. The van der Waals surface area contributed by atoms with Crippen LogP contribution in [0.3, 0.4) is 0 Å². The second kappa shape index (κ2) is 9.02. The number of hydrogen-bond donors (Lipinski definition) is 1. The maximum Gasteiger partial charge on any atom is 0.261 e. The molecule has 1 N–H and O–H groups in total. The van der Waals surface area contributed by atoms with Gasteiger partial charge in [-0.05, 0) is 59.7 Å². The molecule has 7 nitrogen and oxygen atoms in total. The van der Waals surface area contributed by atoms with Crippen LogP contribution in [-0.2, 0) is 11.2 Å². The largest absolute Gasteiger partial charge is 0.389 e. The molecule has 3 aromatic heterocycles. The zero-order valence-electron chi connectivity index (χ0n) is 19.0. The van der Waals surface area contributed by atoms with E-state index in [0.29, 0.717) is 30.4 Å². The normalized spacial score (nSPS) is 18.2. The van der Waals surface area contributed by atoms with Crippen molar-refractivity contribution in [1.82, 2.24) is 19.5 Å². The molecular weight excluding hydrogens is 440 g/mol. The average Bonchev–Trinajstić information content (AvgIpc) is 2.91. The Morgan fingerprint density at radius 3 is 2.71 bits per heavy atom. The summed E-state index contributed by atoms with van der Waals surface area (Å²) in [6.07, 6.45) is 7.40. The van der Waals surface area contributed by atoms with Crippen LogP contribution in [0.2, 0.25) is 0 Å². The molecule has 2 atom stereocenters. The van der Waals surface area contributed by atoms with Gasteiger partial charge in [-0.25, -0.2) is 4.98 Å². The van der Waals surface area contributed by atoms with Crippen molar-refractivity contribution < 1.29 is 9.84 Å². The Morgan fingerprint density at radius 2 is 1.89 bits per heavy atom. The number of fused-ring (bicyclic) bond motifs is 3. The van der Waals surface area contributed by atoms with Gasteiger partial charge in [0.1, 0.15) is 0 Å². The third-order valence-electron chi connectivity index (χ3n) is 6.70. The number of aromatic nitrogens is 4. The minimum atomic E-state index is -0.733. The molecule has 1 saturated heterocycles. The topological polar surface area (TPSA) is 90.1 Å². The monoisotopic (exact) mass is 464 g/mol. The zero-order valence-corrected chi connectivity index (χ0v) is 19.0. The molecule has 1 aliphatic heterocycles. The van der Waals surface area contributed by atoms with E-state index in [2.05, 4.69) is 27.1 Å². The molecule has 4 heterocycles. The fourth-order valence-electron chi connectivity index (χ4n) is 4.94. The van der Waals surface area contributed by atoms with Crippen LogP contribution in [0.5, 0.6) is 0 Å². The van der Waals surface area contributed by atoms with Gasteiger partial charge in [0.15, 0.2) is 0 Å². The van der Waals surface area contributed by atoms with E-state index in [1.165, 1.54) is 0 Å². The summed E-state index contributed by atoms with van der Waals surface area (Å²) in [6, 6.07) is 17.6. The first kappa shape index (κ1) is 21.6. The average molecular weight is 465 g/mol. The van der Waals surface area contributed by atoms with E-state index in [4.69, 9.17) is 4.74 Å². The van der Waals surface area contributed by atoms with Crippen molar-refractivity contribution in [2.45, 2.75) is 25.0 Å². The molecule has 5 aromatic rings. The summed E-state index contributed by atoms with van der Waals surface area (Å²) in [6.45, 7) is 0.732. The Morgan fingerprint density at radius 1 is 1.00 bits per heavy atom. The molecule has 1 fully saturated rings. The lowest BCUT2D eigenvalue weighted by Gasteiger charge is -2.29. The minimum Gasteiger partial charge on any atom is -0.389 e. The second-order valence-corrected chi connectivity index (χ2v) is 8.90. The Kier molecular flexibility index (Phi) is 5.56. The molecule has 0 radical (unpaired) electrons.